The molecule has 0 aromatic carbocycles. The second-order valence-electron chi connectivity index (χ2n) is 1.17. The second-order valence-corrected chi connectivity index (χ2v) is 1.92. The van der Waals surface area contributed by atoms with E-state index in [4.69, 9.17) is 9.60 Å². The van der Waals surface area contributed by atoms with Crippen LogP contribution in [0.5, 0.6) is 0 Å². The molecule has 0 spiro atoms. The number of halogens is 1. The van der Waals surface area contributed by atoms with E-state index in [9.17, 15) is 0 Å². The predicted molar refractivity (Wildman–Crippen MR) is 35.6 cm³/mol. The molecular weight excluding hydrogens is 168 g/mol. The van der Waals surface area contributed by atoms with Crippen LogP contribution in [0.2, 0.25) is 0 Å². The van der Waals surface area contributed by atoms with Gasteiger partial charge in [0.25, 0.3) is 0 Å². The molecule has 3 heteroatoms. The molecule has 1 rings (SSSR count). The third kappa shape index (κ3) is 0.916. The van der Waals surface area contributed by atoms with Crippen LogP contribution in [0, 0.1) is 6.85 Å². The van der Waals surface area contributed by atoms with E-state index in [1.54, 1.807) is 0 Å². The van der Waals surface area contributed by atoms with Gasteiger partial charge in [0.2, 0.25) is 0 Å². The van der Waals surface area contributed by atoms with Crippen LogP contribution in [0.1, 0.15) is 15.4 Å². The van der Waals surface area contributed by atoms with Gasteiger partial charge in [-0.1, -0.05) is 0 Å². The monoisotopic (exact) mass is 181 g/mol. The van der Waals surface area contributed by atoms with Gasteiger partial charge in [0, 0.05) is 21.4 Å². The Morgan fingerprint density at radius 1 is 2.12 bits per heavy atom. The molecule has 1 aromatic heterocycles. The van der Waals surface area contributed by atoms with Crippen LogP contribution < -0.4 is 0 Å². The fraction of sp³-hybridized carbons (Fsp3) is 0.400. The molecule has 0 unspecified atom stereocenters. The summed E-state index contributed by atoms with van der Waals surface area (Å²) in [6.07, 6.45) is -0.471. The Hall–Kier alpha value is -0.310. The van der Waals surface area contributed by atoms with Crippen molar-refractivity contribution < 1.29 is 9.60 Å². The fourth-order valence-corrected chi connectivity index (χ4v) is 0.658. The topological polar surface area (TPSA) is 17.8 Å². The Labute approximate surface area is 66.5 Å². The molecule has 0 aliphatic carbocycles. The molecule has 0 atom stereocenters. The highest BCUT2D eigenvalue weighted by molar-refractivity contribution is 9.10. The van der Waals surface area contributed by atoms with Crippen LogP contribution >= 0.6 is 15.9 Å². The number of aromatic nitrogens is 2. The zero-order chi connectivity index (χ0) is 12.0. The summed E-state index contributed by atoms with van der Waals surface area (Å²) >= 11 is 2.83. The SMILES string of the molecule is [2H]c1c(Br)nc(C([2H])([2H])[2H])n1C([2H])([2H])[2H]. The minimum atomic E-state index is -2.72. The zero-order valence-electron chi connectivity index (χ0n) is 10.8. The number of hydrogen-bond acceptors (Lipinski definition) is 1. The van der Waals surface area contributed by atoms with Crippen LogP contribution in [0.3, 0.4) is 0 Å². The predicted octanol–water partition coefficient (Wildman–Crippen LogP) is 1.49. The number of nitrogens with zero attached hydrogens (tertiary/aromatic N) is 2. The highest BCUT2D eigenvalue weighted by Gasteiger charge is 1.93. The summed E-state index contributed by atoms with van der Waals surface area (Å²) in [5.41, 5.74) is 0. The number of rotatable bonds is 0. The van der Waals surface area contributed by atoms with Crippen molar-refractivity contribution in [1.29, 1.82) is 0 Å². The van der Waals surface area contributed by atoms with Crippen molar-refractivity contribution in [3.8, 4) is 0 Å². The van der Waals surface area contributed by atoms with Gasteiger partial charge in [-0.25, -0.2) is 4.98 Å². The molecule has 1 heterocycles. The van der Waals surface area contributed by atoms with Gasteiger partial charge < -0.3 is 4.57 Å². The van der Waals surface area contributed by atoms with Gasteiger partial charge in [-0.15, -0.1) is 0 Å². The van der Waals surface area contributed by atoms with Crippen molar-refractivity contribution in [3.63, 3.8) is 0 Å². The molecule has 0 aliphatic rings. The Kier molecular flexibility index (Phi) is 0.378. The maximum atomic E-state index is 7.40. The molecule has 0 fully saturated rings. The van der Waals surface area contributed by atoms with Crippen molar-refractivity contribution in [1.82, 2.24) is 9.55 Å². The molecule has 44 valence electrons. The van der Waals surface area contributed by atoms with Gasteiger partial charge in [-0.3, -0.25) is 0 Å². The van der Waals surface area contributed by atoms with Gasteiger partial charge in [0.1, 0.15) is 10.4 Å². The summed E-state index contributed by atoms with van der Waals surface area (Å²) in [4.78, 5) is 3.52. The Balaban J connectivity index is 3.48. The van der Waals surface area contributed by atoms with Crippen LogP contribution in [0.25, 0.3) is 0 Å². The van der Waals surface area contributed by atoms with E-state index in [2.05, 4.69) is 20.9 Å². The van der Waals surface area contributed by atoms with Crippen LogP contribution in [-0.2, 0) is 6.98 Å². The highest BCUT2D eigenvalue weighted by atomic mass is 79.9. The molecule has 0 amide bonds. The van der Waals surface area contributed by atoms with E-state index in [1.165, 1.54) is 0 Å². The third-order valence-corrected chi connectivity index (χ3v) is 0.975. The first-order valence-corrected chi connectivity index (χ1v) is 2.60. The quantitative estimate of drug-likeness (QED) is 0.594. The highest BCUT2D eigenvalue weighted by Crippen LogP contribution is 2.05. The first kappa shape index (κ1) is 1.59. The van der Waals surface area contributed by atoms with E-state index < -0.39 is 25.8 Å². The second kappa shape index (κ2) is 1.90. The average molecular weight is 182 g/mol. The van der Waals surface area contributed by atoms with Gasteiger partial charge >= 0.3 is 0 Å². The summed E-state index contributed by atoms with van der Waals surface area (Å²) in [5, 5.41) is 0. The summed E-state index contributed by atoms with van der Waals surface area (Å²) < 4.78 is 50.4. The van der Waals surface area contributed by atoms with E-state index in [0.29, 0.717) is 4.57 Å². The smallest absolute Gasteiger partial charge is 0.124 e. The number of hydrogen-bond donors (Lipinski definition) is 0. The normalized spacial score (nSPS) is 25.9. The standard InChI is InChI=1S/C5H7BrN2/c1-4-7-5(6)3-8(4)2/h3H,1-2H3/i1D3,2D3,3D. The van der Waals surface area contributed by atoms with Crippen LogP contribution in [0.15, 0.2) is 10.8 Å². The summed E-state index contributed by atoms with van der Waals surface area (Å²) in [6.45, 7) is -5.38. The lowest BCUT2D eigenvalue weighted by Crippen LogP contribution is -1.86. The molecule has 2 nitrogen and oxygen atoms in total. The van der Waals surface area contributed by atoms with Gasteiger partial charge in [-0.05, 0) is 22.8 Å². The average Bonchev–Trinajstić information content (AvgIpc) is 2.25. The van der Waals surface area contributed by atoms with Crippen molar-refractivity contribution in [2.75, 3.05) is 0 Å². The van der Waals surface area contributed by atoms with Crippen molar-refractivity contribution in [2.24, 2.45) is 6.98 Å². The Bertz CT molecular complexity index is 376. The van der Waals surface area contributed by atoms with Crippen LogP contribution in [0.4, 0.5) is 0 Å². The van der Waals surface area contributed by atoms with E-state index in [-0.39, 0.29) is 4.60 Å². The molecule has 0 saturated heterocycles. The molecule has 1 aromatic rings. The molecule has 0 N–H and O–H groups in total. The Morgan fingerprint density at radius 2 is 3.00 bits per heavy atom. The lowest BCUT2D eigenvalue weighted by atomic mass is 10.7. The molecule has 0 bridgehead atoms. The molecule has 8 heavy (non-hydrogen) atoms. The fourth-order valence-electron chi connectivity index (χ4n) is 0.313. The van der Waals surface area contributed by atoms with Crippen molar-refractivity contribution >= 4 is 15.9 Å². The largest absolute Gasteiger partial charge is 0.337 e. The van der Waals surface area contributed by atoms with E-state index >= 15 is 0 Å². The third-order valence-electron chi connectivity index (χ3n) is 0.620. The van der Waals surface area contributed by atoms with Crippen LogP contribution in [-0.4, -0.2) is 9.55 Å². The maximum Gasteiger partial charge on any atom is 0.124 e. The maximum absolute atomic E-state index is 7.40. The number of imidazole rings is 1. The molecule has 0 radical (unpaired) electrons. The summed E-state index contributed by atoms with van der Waals surface area (Å²) in [7, 11) is 0. The molecule has 0 aliphatic heterocycles. The van der Waals surface area contributed by atoms with Gasteiger partial charge in [-0.2, -0.15) is 0 Å². The minimum absolute atomic E-state index is 0.0928. The first-order valence-electron chi connectivity index (χ1n) is 5.31. The van der Waals surface area contributed by atoms with Crippen molar-refractivity contribution in [3.05, 3.63) is 16.6 Å². The summed E-state index contributed by atoms with van der Waals surface area (Å²) in [5.74, 6) is -0.612. The lowest BCUT2D eigenvalue weighted by molar-refractivity contribution is 0.858. The lowest BCUT2D eigenvalue weighted by Gasteiger charge is -1.87. The Morgan fingerprint density at radius 3 is 3.50 bits per heavy atom. The van der Waals surface area contributed by atoms with Gasteiger partial charge in [0.05, 0.1) is 1.37 Å². The van der Waals surface area contributed by atoms with E-state index in [1.807, 2.05) is 0 Å². The van der Waals surface area contributed by atoms with E-state index in [0.717, 1.165) is 0 Å². The van der Waals surface area contributed by atoms with Gasteiger partial charge in [0.15, 0.2) is 0 Å². The zero-order valence-corrected chi connectivity index (χ0v) is 5.36. The minimum Gasteiger partial charge on any atom is -0.337 e. The molecular formula is C5H7BrN2. The number of aryl methyl sites for hydroxylation is 1. The summed E-state index contributed by atoms with van der Waals surface area (Å²) in [6, 6.07) is 0. The first-order chi connectivity index (χ1) is 6.55. The molecule has 0 saturated carbocycles. The van der Waals surface area contributed by atoms with Crippen molar-refractivity contribution in [2.45, 2.75) is 6.85 Å².